The smallest absolute Gasteiger partial charge is 0.105 e. The molecule has 0 unspecified atom stereocenters. The lowest BCUT2D eigenvalue weighted by Gasteiger charge is -2.05. The number of benzene rings is 1. The third-order valence-corrected chi connectivity index (χ3v) is 3.70. The predicted molar refractivity (Wildman–Crippen MR) is 70.4 cm³/mol. The van der Waals surface area contributed by atoms with Crippen molar-refractivity contribution in [2.45, 2.75) is 16.5 Å². The molecule has 0 aliphatic rings. The number of pyridine rings is 1. The maximum atomic E-state index is 5.67. The van der Waals surface area contributed by atoms with Crippen LogP contribution in [0.25, 0.3) is 0 Å². The lowest BCUT2D eigenvalue weighted by molar-refractivity contribution is 0.963. The molecule has 1 aromatic heterocycles. The maximum Gasteiger partial charge on any atom is 0.105 e. The molecule has 0 atom stereocenters. The Kier molecular flexibility index (Phi) is 3.98. The topological polar surface area (TPSA) is 38.9 Å². The number of hydrogen-bond donors (Lipinski definition) is 1. The molecule has 0 aliphatic carbocycles. The molecule has 16 heavy (non-hydrogen) atoms. The molecular formula is C12H11BrN2S. The van der Waals surface area contributed by atoms with E-state index in [-0.39, 0.29) is 0 Å². The minimum absolute atomic E-state index is 0.521. The van der Waals surface area contributed by atoms with Crippen molar-refractivity contribution in [1.29, 1.82) is 0 Å². The van der Waals surface area contributed by atoms with Gasteiger partial charge < -0.3 is 5.73 Å². The number of nitrogens with zero attached hydrogens (tertiary/aromatic N) is 1. The van der Waals surface area contributed by atoms with Gasteiger partial charge in [-0.1, -0.05) is 33.8 Å². The predicted octanol–water partition coefficient (Wildman–Crippen LogP) is 3.45. The summed E-state index contributed by atoms with van der Waals surface area (Å²) in [5.74, 6) is 0. The van der Waals surface area contributed by atoms with Crippen LogP contribution < -0.4 is 5.73 Å². The summed E-state index contributed by atoms with van der Waals surface area (Å²) in [6.07, 6.45) is 1.79. The highest BCUT2D eigenvalue weighted by Crippen LogP contribution is 2.29. The second-order valence-electron chi connectivity index (χ2n) is 3.23. The number of nitrogens with two attached hydrogens (primary N) is 1. The van der Waals surface area contributed by atoms with Crippen LogP contribution in [0.1, 0.15) is 5.56 Å². The van der Waals surface area contributed by atoms with Gasteiger partial charge in [0.1, 0.15) is 5.03 Å². The summed E-state index contributed by atoms with van der Waals surface area (Å²) in [4.78, 5) is 5.50. The standard InChI is InChI=1S/C12H11BrN2S/c13-10-3-5-11(6-4-10)16-12-9(8-14)2-1-7-15-12/h1-7H,8,14H2. The second kappa shape index (κ2) is 5.48. The van der Waals surface area contributed by atoms with Gasteiger partial charge in [0.15, 0.2) is 0 Å². The molecule has 0 amide bonds. The monoisotopic (exact) mass is 294 g/mol. The molecule has 0 bridgehead atoms. The molecule has 0 fully saturated rings. The Balaban J connectivity index is 2.23. The first-order valence-corrected chi connectivity index (χ1v) is 6.48. The fourth-order valence-corrected chi connectivity index (χ4v) is 2.44. The molecule has 0 saturated heterocycles. The van der Waals surface area contributed by atoms with E-state index in [4.69, 9.17) is 5.73 Å². The highest BCUT2D eigenvalue weighted by atomic mass is 79.9. The largest absolute Gasteiger partial charge is 0.326 e. The van der Waals surface area contributed by atoms with Gasteiger partial charge in [-0.2, -0.15) is 0 Å². The quantitative estimate of drug-likeness (QED) is 0.942. The summed E-state index contributed by atoms with van der Waals surface area (Å²) < 4.78 is 1.08. The third kappa shape index (κ3) is 2.84. The fraction of sp³-hybridized carbons (Fsp3) is 0.0833. The first-order chi connectivity index (χ1) is 7.79. The van der Waals surface area contributed by atoms with Crippen molar-refractivity contribution in [2.24, 2.45) is 5.73 Å². The first kappa shape index (κ1) is 11.6. The Morgan fingerprint density at radius 3 is 2.62 bits per heavy atom. The summed E-state index contributed by atoms with van der Waals surface area (Å²) in [5, 5.41) is 0.979. The molecule has 2 nitrogen and oxygen atoms in total. The van der Waals surface area contributed by atoms with Gasteiger partial charge in [0.2, 0.25) is 0 Å². The van der Waals surface area contributed by atoms with Crippen LogP contribution in [0, 0.1) is 0 Å². The van der Waals surface area contributed by atoms with Crippen LogP contribution in [0.5, 0.6) is 0 Å². The summed E-state index contributed by atoms with van der Waals surface area (Å²) >= 11 is 5.05. The molecule has 1 aromatic carbocycles. The van der Waals surface area contributed by atoms with Crippen molar-refractivity contribution in [2.75, 3.05) is 0 Å². The van der Waals surface area contributed by atoms with Gasteiger partial charge in [-0.05, 0) is 35.9 Å². The summed E-state index contributed by atoms with van der Waals surface area (Å²) in [6, 6.07) is 12.1. The molecule has 0 saturated carbocycles. The van der Waals surface area contributed by atoms with E-state index in [1.807, 2.05) is 24.3 Å². The van der Waals surface area contributed by atoms with Crippen LogP contribution >= 0.6 is 27.7 Å². The molecule has 82 valence electrons. The van der Waals surface area contributed by atoms with Crippen LogP contribution in [0.15, 0.2) is 57.0 Å². The summed E-state index contributed by atoms with van der Waals surface area (Å²) in [7, 11) is 0. The zero-order valence-electron chi connectivity index (χ0n) is 8.56. The normalized spacial score (nSPS) is 10.4. The van der Waals surface area contributed by atoms with Gasteiger partial charge in [0, 0.05) is 22.1 Å². The van der Waals surface area contributed by atoms with E-state index in [0.29, 0.717) is 6.54 Å². The van der Waals surface area contributed by atoms with E-state index in [9.17, 15) is 0 Å². The van der Waals surface area contributed by atoms with Crippen LogP contribution in [0.2, 0.25) is 0 Å². The molecular weight excluding hydrogens is 284 g/mol. The highest BCUT2D eigenvalue weighted by Gasteiger charge is 2.03. The van der Waals surface area contributed by atoms with Crippen LogP contribution in [0.3, 0.4) is 0 Å². The van der Waals surface area contributed by atoms with E-state index in [1.54, 1.807) is 18.0 Å². The fourth-order valence-electron chi connectivity index (χ4n) is 1.29. The molecule has 2 aromatic rings. The van der Waals surface area contributed by atoms with Gasteiger partial charge in [-0.25, -0.2) is 4.98 Å². The van der Waals surface area contributed by atoms with Crippen LogP contribution in [-0.4, -0.2) is 4.98 Å². The Labute approximate surface area is 107 Å². The van der Waals surface area contributed by atoms with Gasteiger partial charge in [-0.15, -0.1) is 0 Å². The molecule has 2 N–H and O–H groups in total. The number of halogens is 1. The van der Waals surface area contributed by atoms with Crippen LogP contribution in [-0.2, 0) is 6.54 Å². The second-order valence-corrected chi connectivity index (χ2v) is 5.21. The van der Waals surface area contributed by atoms with E-state index >= 15 is 0 Å². The number of aromatic nitrogens is 1. The van der Waals surface area contributed by atoms with Crippen LogP contribution in [0.4, 0.5) is 0 Å². The molecule has 1 heterocycles. The average molecular weight is 295 g/mol. The molecule has 4 heteroatoms. The van der Waals surface area contributed by atoms with E-state index in [0.717, 1.165) is 20.0 Å². The van der Waals surface area contributed by atoms with Crippen molar-refractivity contribution in [3.05, 3.63) is 52.6 Å². The Morgan fingerprint density at radius 1 is 1.19 bits per heavy atom. The van der Waals surface area contributed by atoms with Crippen molar-refractivity contribution in [3.8, 4) is 0 Å². The Hall–Kier alpha value is -0.840. The van der Waals surface area contributed by atoms with E-state index < -0.39 is 0 Å². The highest BCUT2D eigenvalue weighted by molar-refractivity contribution is 9.10. The van der Waals surface area contributed by atoms with Crippen molar-refractivity contribution < 1.29 is 0 Å². The van der Waals surface area contributed by atoms with Crippen molar-refractivity contribution >= 4 is 27.7 Å². The van der Waals surface area contributed by atoms with Crippen molar-refractivity contribution in [3.63, 3.8) is 0 Å². The van der Waals surface area contributed by atoms with Gasteiger partial charge in [0.05, 0.1) is 0 Å². The third-order valence-electron chi connectivity index (χ3n) is 2.10. The SMILES string of the molecule is NCc1cccnc1Sc1ccc(Br)cc1. The van der Waals surface area contributed by atoms with E-state index in [2.05, 4.69) is 33.0 Å². The molecule has 0 aliphatic heterocycles. The summed E-state index contributed by atoms with van der Waals surface area (Å²) in [6.45, 7) is 0.521. The van der Waals surface area contributed by atoms with Crippen molar-refractivity contribution in [1.82, 2.24) is 4.98 Å². The number of rotatable bonds is 3. The molecule has 0 radical (unpaired) electrons. The zero-order valence-corrected chi connectivity index (χ0v) is 11.0. The van der Waals surface area contributed by atoms with E-state index in [1.165, 1.54) is 0 Å². The van der Waals surface area contributed by atoms with Gasteiger partial charge in [0.25, 0.3) is 0 Å². The minimum Gasteiger partial charge on any atom is -0.326 e. The van der Waals surface area contributed by atoms with Gasteiger partial charge >= 0.3 is 0 Å². The molecule has 0 spiro atoms. The Bertz CT molecular complexity index is 471. The molecule has 2 rings (SSSR count). The lowest BCUT2D eigenvalue weighted by Crippen LogP contribution is -1.99. The van der Waals surface area contributed by atoms with Gasteiger partial charge in [-0.3, -0.25) is 0 Å². The maximum absolute atomic E-state index is 5.67. The number of hydrogen-bond acceptors (Lipinski definition) is 3. The first-order valence-electron chi connectivity index (χ1n) is 4.87. The summed E-state index contributed by atoms with van der Waals surface area (Å²) in [5.41, 5.74) is 6.75. The zero-order chi connectivity index (χ0) is 11.4. The lowest BCUT2D eigenvalue weighted by atomic mass is 10.3. The average Bonchev–Trinajstić information content (AvgIpc) is 2.33. The minimum atomic E-state index is 0.521. The Morgan fingerprint density at radius 2 is 1.94 bits per heavy atom.